The van der Waals surface area contributed by atoms with Crippen molar-refractivity contribution in [1.29, 1.82) is 0 Å². The Balaban J connectivity index is 2.64. The molecule has 4 nitrogen and oxygen atoms in total. The Labute approximate surface area is 119 Å². The summed E-state index contributed by atoms with van der Waals surface area (Å²) in [7, 11) is 0. The summed E-state index contributed by atoms with van der Waals surface area (Å²) in [6.07, 6.45) is 5.01. The first-order chi connectivity index (χ1) is 9.69. The molecule has 1 aromatic carbocycles. The molecule has 0 aliphatic rings. The number of nitrogens with two attached hydrogens (primary N) is 1. The monoisotopic (exact) mass is 269 g/mol. The van der Waals surface area contributed by atoms with Gasteiger partial charge in [-0.1, -0.05) is 32.0 Å². The van der Waals surface area contributed by atoms with Crippen molar-refractivity contribution in [2.45, 2.75) is 26.7 Å². The van der Waals surface area contributed by atoms with Crippen LogP contribution in [-0.2, 0) is 12.8 Å². The van der Waals surface area contributed by atoms with E-state index < -0.39 is 6.03 Å². The molecular formula is C16H19N3O. The molecule has 2 amide bonds. The van der Waals surface area contributed by atoms with E-state index in [9.17, 15) is 4.79 Å². The molecule has 4 heteroatoms. The molecule has 0 radical (unpaired) electrons. The van der Waals surface area contributed by atoms with E-state index in [1.54, 1.807) is 29.4 Å². The Morgan fingerprint density at radius 2 is 1.65 bits per heavy atom. The molecule has 2 aromatic rings. The number of carbonyl (C=O) groups excluding carboxylic acids is 1. The second kappa shape index (κ2) is 6.19. The smallest absolute Gasteiger partial charge is 0.323 e. The Morgan fingerprint density at radius 3 is 2.10 bits per heavy atom. The third-order valence-corrected chi connectivity index (χ3v) is 3.33. The number of carbonyl (C=O) groups is 1. The summed E-state index contributed by atoms with van der Waals surface area (Å²) < 4.78 is 0. The second-order valence-corrected chi connectivity index (χ2v) is 4.51. The van der Waals surface area contributed by atoms with E-state index in [2.05, 4.69) is 18.8 Å². The number of benzene rings is 1. The van der Waals surface area contributed by atoms with Crippen LogP contribution in [0.4, 0.5) is 16.2 Å². The molecule has 0 saturated carbocycles. The van der Waals surface area contributed by atoms with Gasteiger partial charge in [-0.3, -0.25) is 9.88 Å². The van der Waals surface area contributed by atoms with Crippen molar-refractivity contribution < 1.29 is 4.79 Å². The van der Waals surface area contributed by atoms with Crippen LogP contribution in [0, 0.1) is 0 Å². The molecule has 1 heterocycles. The zero-order chi connectivity index (χ0) is 14.5. The van der Waals surface area contributed by atoms with Crippen LogP contribution in [0.25, 0.3) is 0 Å². The highest BCUT2D eigenvalue weighted by molar-refractivity contribution is 5.99. The van der Waals surface area contributed by atoms with E-state index in [0.29, 0.717) is 0 Å². The van der Waals surface area contributed by atoms with Gasteiger partial charge < -0.3 is 5.73 Å². The molecule has 0 aliphatic carbocycles. The summed E-state index contributed by atoms with van der Waals surface area (Å²) in [5.74, 6) is 0. The van der Waals surface area contributed by atoms with E-state index >= 15 is 0 Å². The Bertz CT molecular complexity index is 574. The molecule has 0 bridgehead atoms. The maximum absolute atomic E-state index is 12.0. The molecular weight excluding hydrogens is 250 g/mol. The van der Waals surface area contributed by atoms with Gasteiger partial charge in [0.2, 0.25) is 0 Å². The number of nitrogens with zero attached hydrogens (tertiary/aromatic N) is 2. The highest BCUT2D eigenvalue weighted by Crippen LogP contribution is 2.32. The first-order valence-corrected chi connectivity index (χ1v) is 6.79. The molecule has 1 aromatic heterocycles. The summed E-state index contributed by atoms with van der Waals surface area (Å²) in [5, 5.41) is 0. The number of hydrogen-bond donors (Lipinski definition) is 1. The van der Waals surface area contributed by atoms with Crippen molar-refractivity contribution in [1.82, 2.24) is 4.98 Å². The molecule has 2 N–H and O–H groups in total. The van der Waals surface area contributed by atoms with Crippen LogP contribution in [0.15, 0.2) is 42.7 Å². The van der Waals surface area contributed by atoms with Gasteiger partial charge in [0.25, 0.3) is 0 Å². The van der Waals surface area contributed by atoms with Gasteiger partial charge in [-0.25, -0.2) is 4.79 Å². The lowest BCUT2D eigenvalue weighted by atomic mass is 10.0. The van der Waals surface area contributed by atoms with Crippen molar-refractivity contribution >= 4 is 17.4 Å². The standard InChI is InChI=1S/C16H19N3O/c1-3-12-6-5-7-13(4-2)15(12)19(16(17)20)14-8-10-18-11-9-14/h5-11H,3-4H2,1-2H3,(H2,17,20). The largest absolute Gasteiger partial charge is 0.351 e. The maximum Gasteiger partial charge on any atom is 0.323 e. The van der Waals surface area contributed by atoms with Crippen molar-refractivity contribution in [3.8, 4) is 0 Å². The highest BCUT2D eigenvalue weighted by Gasteiger charge is 2.20. The third kappa shape index (κ3) is 2.64. The normalized spacial score (nSPS) is 10.3. The van der Waals surface area contributed by atoms with Crippen LogP contribution in [-0.4, -0.2) is 11.0 Å². The number of aryl methyl sites for hydroxylation is 2. The Morgan fingerprint density at radius 1 is 1.10 bits per heavy atom. The number of primary amides is 1. The van der Waals surface area contributed by atoms with E-state index in [1.807, 2.05) is 18.2 Å². The van der Waals surface area contributed by atoms with Gasteiger partial charge in [0.15, 0.2) is 0 Å². The lowest BCUT2D eigenvalue weighted by molar-refractivity contribution is 0.256. The predicted molar refractivity (Wildman–Crippen MR) is 81.2 cm³/mol. The van der Waals surface area contributed by atoms with Crippen LogP contribution < -0.4 is 10.6 Å². The number of para-hydroxylation sites is 1. The van der Waals surface area contributed by atoms with Gasteiger partial charge in [0.1, 0.15) is 0 Å². The van der Waals surface area contributed by atoms with Gasteiger partial charge in [-0.05, 0) is 36.1 Å². The molecule has 0 aliphatic heterocycles. The molecule has 0 spiro atoms. The fraction of sp³-hybridized carbons (Fsp3) is 0.250. The number of pyridine rings is 1. The number of amides is 2. The fourth-order valence-corrected chi connectivity index (χ4v) is 2.36. The van der Waals surface area contributed by atoms with Crippen LogP contribution in [0.3, 0.4) is 0 Å². The van der Waals surface area contributed by atoms with Crippen molar-refractivity contribution in [2.75, 3.05) is 4.90 Å². The first kappa shape index (κ1) is 14.1. The van der Waals surface area contributed by atoms with E-state index in [1.165, 1.54) is 0 Å². The zero-order valence-corrected chi connectivity index (χ0v) is 11.8. The molecule has 0 unspecified atom stereocenters. The van der Waals surface area contributed by atoms with Crippen molar-refractivity contribution in [3.05, 3.63) is 53.9 Å². The predicted octanol–water partition coefficient (Wildman–Crippen LogP) is 3.42. The molecule has 20 heavy (non-hydrogen) atoms. The SMILES string of the molecule is CCc1cccc(CC)c1N(C(N)=O)c1ccncc1. The van der Waals surface area contributed by atoms with E-state index in [0.717, 1.165) is 35.3 Å². The summed E-state index contributed by atoms with van der Waals surface area (Å²) in [5.41, 5.74) is 9.47. The average molecular weight is 269 g/mol. The summed E-state index contributed by atoms with van der Waals surface area (Å²) in [6, 6.07) is 9.18. The Kier molecular flexibility index (Phi) is 4.35. The molecule has 104 valence electrons. The Hall–Kier alpha value is -2.36. The second-order valence-electron chi connectivity index (χ2n) is 4.51. The lowest BCUT2D eigenvalue weighted by Gasteiger charge is -2.25. The van der Waals surface area contributed by atoms with Crippen molar-refractivity contribution in [3.63, 3.8) is 0 Å². The van der Waals surface area contributed by atoms with Gasteiger partial charge in [-0.2, -0.15) is 0 Å². The number of aromatic nitrogens is 1. The first-order valence-electron chi connectivity index (χ1n) is 6.79. The van der Waals surface area contributed by atoms with Gasteiger partial charge in [0.05, 0.1) is 11.4 Å². The molecule has 0 fully saturated rings. The van der Waals surface area contributed by atoms with Crippen molar-refractivity contribution in [2.24, 2.45) is 5.73 Å². The topological polar surface area (TPSA) is 59.2 Å². The summed E-state index contributed by atoms with van der Waals surface area (Å²) in [6.45, 7) is 4.15. The fourth-order valence-electron chi connectivity index (χ4n) is 2.36. The molecule has 0 saturated heterocycles. The van der Waals surface area contributed by atoms with Gasteiger partial charge in [-0.15, -0.1) is 0 Å². The molecule has 0 atom stereocenters. The molecule has 2 rings (SSSR count). The average Bonchev–Trinajstić information content (AvgIpc) is 2.48. The number of anilines is 2. The van der Waals surface area contributed by atoms with Gasteiger partial charge >= 0.3 is 6.03 Å². The van der Waals surface area contributed by atoms with Gasteiger partial charge in [0, 0.05) is 12.4 Å². The number of hydrogen-bond acceptors (Lipinski definition) is 2. The van der Waals surface area contributed by atoms with Crippen LogP contribution in [0.5, 0.6) is 0 Å². The summed E-state index contributed by atoms with van der Waals surface area (Å²) in [4.78, 5) is 17.5. The van der Waals surface area contributed by atoms with Crippen LogP contribution in [0.2, 0.25) is 0 Å². The minimum absolute atomic E-state index is 0.480. The summed E-state index contributed by atoms with van der Waals surface area (Å²) >= 11 is 0. The third-order valence-electron chi connectivity index (χ3n) is 3.33. The number of urea groups is 1. The van der Waals surface area contributed by atoms with Crippen LogP contribution in [0.1, 0.15) is 25.0 Å². The minimum atomic E-state index is -0.480. The zero-order valence-electron chi connectivity index (χ0n) is 11.8. The highest BCUT2D eigenvalue weighted by atomic mass is 16.2. The van der Waals surface area contributed by atoms with E-state index in [-0.39, 0.29) is 0 Å². The van der Waals surface area contributed by atoms with Crippen LogP contribution >= 0.6 is 0 Å². The lowest BCUT2D eigenvalue weighted by Crippen LogP contribution is -2.33. The number of rotatable bonds is 4. The minimum Gasteiger partial charge on any atom is -0.351 e. The quantitative estimate of drug-likeness (QED) is 0.924. The van der Waals surface area contributed by atoms with E-state index in [4.69, 9.17) is 5.73 Å². The maximum atomic E-state index is 12.0.